The highest BCUT2D eigenvalue weighted by Crippen LogP contribution is 2.27. The summed E-state index contributed by atoms with van der Waals surface area (Å²) < 4.78 is 15.6. The van der Waals surface area contributed by atoms with Crippen molar-refractivity contribution in [1.29, 1.82) is 0 Å². The largest absolute Gasteiger partial charge is 0.497 e. The number of nitrogens with one attached hydrogen (secondary N) is 1. The van der Waals surface area contributed by atoms with Crippen molar-refractivity contribution in [2.45, 2.75) is 13.3 Å². The van der Waals surface area contributed by atoms with Crippen LogP contribution in [0.3, 0.4) is 0 Å². The number of carbonyl (C=O) groups is 1. The van der Waals surface area contributed by atoms with Gasteiger partial charge in [0.25, 0.3) is 5.91 Å². The Morgan fingerprint density at radius 1 is 1.11 bits per heavy atom. The first kappa shape index (κ1) is 18.4. The van der Waals surface area contributed by atoms with Crippen LogP contribution in [0.5, 0.6) is 11.6 Å². The quantitative estimate of drug-likeness (QED) is 0.691. The molecule has 3 aromatic rings. The molecule has 1 amide bonds. The third kappa shape index (κ3) is 4.25. The van der Waals surface area contributed by atoms with E-state index in [1.165, 1.54) is 0 Å². The molecule has 2 aromatic heterocycles. The monoisotopic (exact) mass is 367 g/mol. The molecule has 0 aliphatic rings. The van der Waals surface area contributed by atoms with Gasteiger partial charge in [-0.15, -0.1) is 0 Å². The second-order valence-corrected chi connectivity index (χ2v) is 5.92. The number of hydrogen-bond donors (Lipinski definition) is 1. The van der Waals surface area contributed by atoms with Crippen LogP contribution in [0.1, 0.15) is 21.6 Å². The fraction of sp³-hybridized carbons (Fsp3) is 0.250. The summed E-state index contributed by atoms with van der Waals surface area (Å²) in [7, 11) is 3.18. The van der Waals surface area contributed by atoms with E-state index in [1.807, 2.05) is 30.3 Å². The smallest absolute Gasteiger partial charge is 0.257 e. The van der Waals surface area contributed by atoms with E-state index in [0.717, 1.165) is 16.9 Å². The number of pyridine rings is 1. The van der Waals surface area contributed by atoms with Crippen molar-refractivity contribution in [1.82, 2.24) is 15.5 Å². The van der Waals surface area contributed by atoms with Gasteiger partial charge in [0.2, 0.25) is 5.88 Å². The summed E-state index contributed by atoms with van der Waals surface area (Å²) in [6, 6.07) is 11.0. The van der Waals surface area contributed by atoms with Crippen LogP contribution in [0.4, 0.5) is 0 Å². The summed E-state index contributed by atoms with van der Waals surface area (Å²) in [5, 5.41) is 6.86. The van der Waals surface area contributed by atoms with Gasteiger partial charge in [0, 0.05) is 24.4 Å². The molecular formula is C20H21N3O4. The summed E-state index contributed by atoms with van der Waals surface area (Å²) >= 11 is 0. The first-order valence-corrected chi connectivity index (χ1v) is 8.50. The number of aryl methyl sites for hydroxylation is 1. The molecule has 2 heterocycles. The topological polar surface area (TPSA) is 86.5 Å². The van der Waals surface area contributed by atoms with Crippen LogP contribution in [0.15, 0.2) is 47.1 Å². The van der Waals surface area contributed by atoms with Crippen LogP contribution in [-0.4, -0.2) is 36.8 Å². The maximum atomic E-state index is 12.7. The van der Waals surface area contributed by atoms with E-state index in [0.29, 0.717) is 35.9 Å². The van der Waals surface area contributed by atoms with E-state index in [2.05, 4.69) is 15.5 Å². The summed E-state index contributed by atoms with van der Waals surface area (Å²) in [6.07, 6.45) is 2.39. The highest BCUT2D eigenvalue weighted by atomic mass is 16.5. The van der Waals surface area contributed by atoms with Crippen LogP contribution in [0.25, 0.3) is 11.3 Å². The number of methoxy groups -OCH3 is 2. The molecule has 0 aliphatic carbocycles. The molecular weight excluding hydrogens is 346 g/mol. The van der Waals surface area contributed by atoms with Gasteiger partial charge in [-0.2, -0.15) is 0 Å². The molecule has 0 saturated carbocycles. The van der Waals surface area contributed by atoms with Gasteiger partial charge in [0.1, 0.15) is 11.3 Å². The number of carbonyl (C=O) groups excluding carboxylic acids is 1. The molecule has 1 N–H and O–H groups in total. The predicted octanol–water partition coefficient (Wildman–Crippen LogP) is 3.03. The molecule has 0 spiro atoms. The molecule has 27 heavy (non-hydrogen) atoms. The van der Waals surface area contributed by atoms with Gasteiger partial charge >= 0.3 is 0 Å². The van der Waals surface area contributed by atoms with Crippen molar-refractivity contribution < 1.29 is 18.8 Å². The van der Waals surface area contributed by atoms with Gasteiger partial charge < -0.3 is 19.3 Å². The Bertz CT molecular complexity index is 902. The standard InChI is InChI=1S/C20H21N3O4/c1-13-18(19(27-23-13)15-5-7-16(25-2)8-6-15)20(24)21-11-10-14-4-9-17(26-3)22-12-14/h4-9,12H,10-11H2,1-3H3,(H,21,24). The van der Waals surface area contributed by atoms with Crippen molar-refractivity contribution in [2.75, 3.05) is 20.8 Å². The Balaban J connectivity index is 1.68. The third-order valence-electron chi connectivity index (χ3n) is 4.15. The average Bonchev–Trinajstić information content (AvgIpc) is 3.10. The van der Waals surface area contributed by atoms with Gasteiger partial charge in [-0.25, -0.2) is 4.98 Å². The van der Waals surface area contributed by atoms with Gasteiger partial charge in [0.15, 0.2) is 5.76 Å². The van der Waals surface area contributed by atoms with E-state index in [9.17, 15) is 4.79 Å². The minimum absolute atomic E-state index is 0.221. The lowest BCUT2D eigenvalue weighted by atomic mass is 10.1. The van der Waals surface area contributed by atoms with Crippen molar-refractivity contribution in [2.24, 2.45) is 0 Å². The van der Waals surface area contributed by atoms with Gasteiger partial charge in [0.05, 0.1) is 19.9 Å². The normalized spacial score (nSPS) is 10.5. The van der Waals surface area contributed by atoms with E-state index in [4.69, 9.17) is 14.0 Å². The third-order valence-corrected chi connectivity index (χ3v) is 4.15. The summed E-state index contributed by atoms with van der Waals surface area (Å²) in [5.41, 5.74) is 2.76. The van der Waals surface area contributed by atoms with Crippen molar-refractivity contribution in [3.63, 3.8) is 0 Å². The summed E-state index contributed by atoms with van der Waals surface area (Å²) in [4.78, 5) is 16.8. The van der Waals surface area contributed by atoms with Crippen molar-refractivity contribution in [3.8, 4) is 23.0 Å². The van der Waals surface area contributed by atoms with E-state index in [1.54, 1.807) is 33.4 Å². The highest BCUT2D eigenvalue weighted by Gasteiger charge is 2.21. The lowest BCUT2D eigenvalue weighted by molar-refractivity contribution is 0.0954. The van der Waals surface area contributed by atoms with E-state index >= 15 is 0 Å². The Labute approximate surface area is 157 Å². The molecule has 0 radical (unpaired) electrons. The average molecular weight is 367 g/mol. The molecule has 140 valence electrons. The summed E-state index contributed by atoms with van der Waals surface area (Å²) in [6.45, 7) is 2.22. The Morgan fingerprint density at radius 3 is 2.52 bits per heavy atom. The second kappa shape index (κ2) is 8.35. The van der Waals surface area contributed by atoms with Crippen LogP contribution in [0.2, 0.25) is 0 Å². The number of rotatable bonds is 7. The molecule has 7 heteroatoms. The molecule has 7 nitrogen and oxygen atoms in total. The minimum atomic E-state index is -0.221. The summed E-state index contributed by atoms with van der Waals surface area (Å²) in [5.74, 6) is 1.51. The molecule has 1 aromatic carbocycles. The number of aromatic nitrogens is 2. The van der Waals surface area contributed by atoms with Crippen molar-refractivity contribution in [3.05, 3.63) is 59.4 Å². The van der Waals surface area contributed by atoms with Crippen LogP contribution >= 0.6 is 0 Å². The molecule has 0 unspecified atom stereocenters. The maximum absolute atomic E-state index is 12.7. The lowest BCUT2D eigenvalue weighted by Gasteiger charge is -2.07. The number of ether oxygens (including phenoxy) is 2. The molecule has 0 fully saturated rings. The SMILES string of the molecule is COc1ccc(-c2onc(C)c2C(=O)NCCc2ccc(OC)nc2)cc1. The molecule has 0 aliphatic heterocycles. The van der Waals surface area contributed by atoms with E-state index < -0.39 is 0 Å². The number of hydrogen-bond acceptors (Lipinski definition) is 6. The Hall–Kier alpha value is -3.35. The number of benzene rings is 1. The molecule has 0 bridgehead atoms. The molecule has 3 rings (SSSR count). The Kier molecular flexibility index (Phi) is 5.71. The zero-order chi connectivity index (χ0) is 19.2. The zero-order valence-electron chi connectivity index (χ0n) is 15.5. The van der Waals surface area contributed by atoms with Crippen molar-refractivity contribution >= 4 is 5.91 Å². The lowest BCUT2D eigenvalue weighted by Crippen LogP contribution is -2.26. The first-order valence-electron chi connectivity index (χ1n) is 8.50. The fourth-order valence-corrected chi connectivity index (χ4v) is 2.66. The van der Waals surface area contributed by atoms with Gasteiger partial charge in [-0.1, -0.05) is 11.2 Å². The number of amides is 1. The van der Waals surface area contributed by atoms with Gasteiger partial charge in [-0.3, -0.25) is 4.79 Å². The Morgan fingerprint density at radius 2 is 1.89 bits per heavy atom. The first-order chi connectivity index (χ1) is 13.1. The van der Waals surface area contributed by atoms with Gasteiger partial charge in [-0.05, 0) is 43.2 Å². The van der Waals surface area contributed by atoms with Crippen LogP contribution in [-0.2, 0) is 6.42 Å². The number of nitrogens with zero attached hydrogens (tertiary/aromatic N) is 2. The zero-order valence-corrected chi connectivity index (χ0v) is 15.5. The molecule has 0 atom stereocenters. The maximum Gasteiger partial charge on any atom is 0.257 e. The van der Waals surface area contributed by atoms with E-state index in [-0.39, 0.29) is 5.91 Å². The minimum Gasteiger partial charge on any atom is -0.497 e. The molecule has 0 saturated heterocycles. The predicted molar refractivity (Wildman–Crippen MR) is 100 cm³/mol. The van der Waals surface area contributed by atoms with Crippen LogP contribution < -0.4 is 14.8 Å². The van der Waals surface area contributed by atoms with Crippen LogP contribution in [0, 0.1) is 6.92 Å². The fourth-order valence-electron chi connectivity index (χ4n) is 2.66. The highest BCUT2D eigenvalue weighted by molar-refractivity contribution is 6.00. The second-order valence-electron chi connectivity index (χ2n) is 5.92.